The van der Waals surface area contributed by atoms with Crippen LogP contribution in [0.1, 0.15) is 68.9 Å². The van der Waals surface area contributed by atoms with E-state index in [0.29, 0.717) is 63.3 Å². The Balaban J connectivity index is 2.02. The summed E-state index contributed by atoms with van der Waals surface area (Å²) in [6.07, 6.45) is 4.61. The summed E-state index contributed by atoms with van der Waals surface area (Å²) in [7, 11) is 0.799. The topological polar surface area (TPSA) is 85.8 Å². The summed E-state index contributed by atoms with van der Waals surface area (Å²) < 4.78 is 19.3. The Kier molecular flexibility index (Phi) is 9.56. The molecule has 0 bridgehead atoms. The average Bonchev–Trinajstić information content (AvgIpc) is 2.86. The first-order valence-corrected chi connectivity index (χ1v) is 14.3. The number of ether oxygens (including phenoxy) is 1. The van der Waals surface area contributed by atoms with Crippen molar-refractivity contribution >= 4 is 62.1 Å². The molecule has 0 radical (unpaired) electrons. The molecule has 8 nitrogen and oxygen atoms in total. The summed E-state index contributed by atoms with van der Waals surface area (Å²) in [6, 6.07) is 4.30. The first kappa shape index (κ1) is 27.9. The van der Waals surface area contributed by atoms with Gasteiger partial charge < -0.3 is 0 Å². The third kappa shape index (κ3) is 6.54. The van der Waals surface area contributed by atoms with E-state index in [1.54, 1.807) is 0 Å². The van der Waals surface area contributed by atoms with Crippen LogP contribution in [0.15, 0.2) is 18.3 Å². The van der Waals surface area contributed by atoms with Crippen molar-refractivity contribution in [1.82, 2.24) is 9.97 Å². The molecule has 10 heteroatoms. The zero-order valence-corrected chi connectivity index (χ0v) is 26.5. The third-order valence-electron chi connectivity index (χ3n) is 6.30. The van der Waals surface area contributed by atoms with Gasteiger partial charge in [-0.2, -0.15) is 0 Å². The Hall–Kier alpha value is -1.72. The first-order valence-electron chi connectivity index (χ1n) is 12.3. The molecule has 2 aromatic rings. The number of carbonyl (C=O) groups excluding carboxylic acids is 1. The Bertz CT molecular complexity index is 1040. The minimum absolute atomic E-state index is 0.0652. The molecule has 0 spiro atoms. The van der Waals surface area contributed by atoms with Crippen LogP contribution in [-0.2, 0) is 20.5 Å². The normalized spacial score (nSPS) is 15.2. The van der Waals surface area contributed by atoms with Gasteiger partial charge in [0.1, 0.15) is 0 Å². The Morgan fingerprint density at radius 3 is 2.49 bits per heavy atom. The van der Waals surface area contributed by atoms with E-state index in [-0.39, 0.29) is 5.41 Å². The van der Waals surface area contributed by atoms with Gasteiger partial charge in [-0.05, 0) is 0 Å². The number of hydrogen-bond acceptors (Lipinski definition) is 8. The molecule has 1 aromatic heterocycles. The van der Waals surface area contributed by atoms with E-state index in [9.17, 15) is 4.79 Å². The van der Waals surface area contributed by atoms with Crippen molar-refractivity contribution in [2.45, 2.75) is 66.8 Å². The van der Waals surface area contributed by atoms with E-state index in [2.05, 4.69) is 53.7 Å². The van der Waals surface area contributed by atoms with Crippen molar-refractivity contribution in [3.8, 4) is 0 Å². The second-order valence-electron chi connectivity index (χ2n) is 9.76. The van der Waals surface area contributed by atoms with Crippen LogP contribution in [0.4, 0.5) is 17.5 Å². The molecule has 0 amide bonds. The van der Waals surface area contributed by atoms with Crippen molar-refractivity contribution in [2.24, 2.45) is 5.41 Å². The van der Waals surface area contributed by atoms with Crippen LogP contribution in [0.3, 0.4) is 0 Å². The van der Waals surface area contributed by atoms with Gasteiger partial charge in [0.25, 0.3) is 0 Å². The number of benzene rings is 1. The molecule has 0 unspecified atom stereocenters. The van der Waals surface area contributed by atoms with E-state index in [0.717, 1.165) is 40.9 Å². The molecular formula is C25H36BN4O4Tl. The summed E-state index contributed by atoms with van der Waals surface area (Å²) in [5, 5.41) is 3.55. The molecule has 35 heavy (non-hydrogen) atoms. The van der Waals surface area contributed by atoms with Crippen LogP contribution in [0, 0.1) is 12.3 Å². The maximum atomic E-state index is 12.9. The number of nitrogens with one attached hydrogen (secondary N) is 1. The summed E-state index contributed by atoms with van der Waals surface area (Å²) in [4.78, 5) is 22.3. The van der Waals surface area contributed by atoms with Crippen LogP contribution < -0.4 is 13.5 Å². The first-order chi connectivity index (χ1) is 16.6. The van der Waals surface area contributed by atoms with Crippen molar-refractivity contribution in [2.75, 3.05) is 28.3 Å². The number of esters is 1. The molecule has 1 N–H and O–H groups in total. The maximum absolute atomic E-state index is 12.9. The standard InChI is InChI=1S/C25H36BN4O4.Tl/c1-8-17-11-19(29-24-27-13-16(4)22(30-24)28-18(9-2)10-3)12-20(23(31)32-7)21(17)26-33-14-25(5,6)15-34-26;/h11-13,18H,8-10,14-15H2,1-7H3,(H-,27,28,29,30);/q-1;+1. The summed E-state index contributed by atoms with van der Waals surface area (Å²) >= 11 is 0.368. The average molecular weight is 672 g/mol. The van der Waals surface area contributed by atoms with Gasteiger partial charge in [0, 0.05) is 0 Å². The fourth-order valence-electron chi connectivity index (χ4n) is 4.04. The number of rotatable bonds is 9. The number of aromatic nitrogens is 2. The molecular weight excluding hydrogens is 635 g/mol. The molecule has 0 aliphatic carbocycles. The third-order valence-corrected chi connectivity index (χ3v) is 8.36. The van der Waals surface area contributed by atoms with E-state index < -0.39 is 13.1 Å². The van der Waals surface area contributed by atoms with Crippen molar-refractivity contribution in [3.63, 3.8) is 0 Å². The zero-order chi connectivity index (χ0) is 25.8. The zero-order valence-electron chi connectivity index (χ0n) is 22.0. The fourth-order valence-corrected chi connectivity index (χ4v) is 5.10. The van der Waals surface area contributed by atoms with Gasteiger partial charge in [0.05, 0.1) is 0 Å². The van der Waals surface area contributed by atoms with Crippen LogP contribution >= 0.6 is 0 Å². The molecule has 0 atom stereocenters. The van der Waals surface area contributed by atoms with Gasteiger partial charge in [0.15, 0.2) is 0 Å². The molecule has 0 saturated carbocycles. The molecule has 1 fully saturated rings. The van der Waals surface area contributed by atoms with Crippen LogP contribution in [-0.4, -0.2) is 75.5 Å². The minimum atomic E-state index is -0.599. The summed E-state index contributed by atoms with van der Waals surface area (Å²) in [6.45, 7) is 13.7. The number of methoxy groups -OCH3 is 1. The van der Waals surface area contributed by atoms with Gasteiger partial charge >= 0.3 is 227 Å². The number of aryl methyl sites for hydroxylation is 2. The second-order valence-corrected chi connectivity index (χ2v) is 11.8. The van der Waals surface area contributed by atoms with Gasteiger partial charge in [-0.25, -0.2) is 0 Å². The predicted octanol–water partition coefficient (Wildman–Crippen LogP) is 3.72. The summed E-state index contributed by atoms with van der Waals surface area (Å²) in [5.74, 6) is 1.06. The van der Waals surface area contributed by atoms with Gasteiger partial charge in [-0.1, -0.05) is 0 Å². The Morgan fingerprint density at radius 2 is 1.91 bits per heavy atom. The summed E-state index contributed by atoms with van der Waals surface area (Å²) in [5.41, 5.74) is 4.00. The van der Waals surface area contributed by atoms with Crippen LogP contribution in [0.2, 0.25) is 0 Å². The number of nitrogens with zero attached hydrogens (tertiary/aromatic N) is 3. The molecule has 1 aliphatic rings. The number of hydrogen-bond donors (Lipinski definition) is 1. The van der Waals surface area contributed by atoms with Gasteiger partial charge in [-0.3, -0.25) is 0 Å². The van der Waals surface area contributed by atoms with Gasteiger partial charge in [-0.15, -0.1) is 0 Å². The molecule has 3 rings (SSSR count). The monoisotopic (exact) mass is 672 g/mol. The van der Waals surface area contributed by atoms with Crippen molar-refractivity contribution < 1.29 is 18.8 Å². The predicted molar refractivity (Wildman–Crippen MR) is 141 cm³/mol. The number of anilines is 3. The van der Waals surface area contributed by atoms with Crippen molar-refractivity contribution in [3.05, 3.63) is 35.0 Å². The van der Waals surface area contributed by atoms with Crippen LogP contribution in [0.5, 0.6) is 0 Å². The quantitative estimate of drug-likeness (QED) is 0.319. The molecule has 2 heterocycles. The SMILES string of the molecule is CCc1cc([N]([Tl])c2ncc(C)c(NC(CC)CC)n2)cc(C(=O)OC)c1B1OCC(C)(C)CO1. The van der Waals surface area contributed by atoms with E-state index in [4.69, 9.17) is 19.0 Å². The van der Waals surface area contributed by atoms with Crippen molar-refractivity contribution in [1.29, 1.82) is 0 Å². The fraction of sp³-hybridized carbons (Fsp3) is 0.560. The number of carbonyl (C=O) groups is 1. The molecule has 1 aromatic carbocycles. The van der Waals surface area contributed by atoms with E-state index in [1.807, 2.05) is 19.2 Å². The van der Waals surface area contributed by atoms with Gasteiger partial charge in [0.2, 0.25) is 0 Å². The van der Waals surface area contributed by atoms with E-state index >= 15 is 0 Å². The van der Waals surface area contributed by atoms with E-state index in [1.165, 1.54) is 7.11 Å². The molecule has 186 valence electrons. The Morgan fingerprint density at radius 1 is 1.26 bits per heavy atom. The second kappa shape index (κ2) is 12.0. The Labute approximate surface area is 225 Å². The molecule has 1 aliphatic heterocycles. The van der Waals surface area contributed by atoms with Crippen LogP contribution in [0.25, 0.3) is 0 Å². The molecule has 1 saturated heterocycles.